The Bertz CT molecular complexity index is 768. The summed E-state index contributed by atoms with van der Waals surface area (Å²) in [7, 11) is 1.86. The summed E-state index contributed by atoms with van der Waals surface area (Å²) < 4.78 is 7.20. The van der Waals surface area contributed by atoms with Gasteiger partial charge in [0.15, 0.2) is 0 Å². The molecule has 0 unspecified atom stereocenters. The Labute approximate surface area is 147 Å². The van der Waals surface area contributed by atoms with Crippen molar-refractivity contribution in [3.8, 4) is 0 Å². The van der Waals surface area contributed by atoms with E-state index >= 15 is 0 Å². The molecule has 134 valence electrons. The lowest BCUT2D eigenvalue weighted by Crippen LogP contribution is -2.47. The first-order chi connectivity index (χ1) is 12.2. The second kappa shape index (κ2) is 6.72. The molecule has 2 saturated heterocycles. The van der Waals surface area contributed by atoms with Gasteiger partial charge in [-0.15, -0.1) is 5.10 Å². The average molecular weight is 343 g/mol. The minimum Gasteiger partial charge on any atom is -0.379 e. The van der Waals surface area contributed by atoms with Gasteiger partial charge in [0.05, 0.1) is 18.7 Å². The number of fused-ring (bicyclic) bond motifs is 1. The molecule has 2 aromatic rings. The number of aromatic nitrogens is 3. The molecule has 1 amide bonds. The highest BCUT2D eigenvalue weighted by Crippen LogP contribution is 2.27. The molecule has 0 bridgehead atoms. The Hall–Kier alpha value is -1.99. The lowest BCUT2D eigenvalue weighted by molar-refractivity contribution is 0.0103. The highest BCUT2D eigenvalue weighted by atomic mass is 16.5. The van der Waals surface area contributed by atoms with E-state index in [2.05, 4.69) is 22.1 Å². The van der Waals surface area contributed by atoms with E-state index in [-0.39, 0.29) is 5.91 Å². The SMILES string of the molecule is CC[C@@H]1CN(C(=O)c2ccc3c(c2)nnn3C)C[C@@H]1N1CCOCC1. The number of benzene rings is 1. The number of hydrogen-bond donors (Lipinski definition) is 0. The maximum atomic E-state index is 13.0. The van der Waals surface area contributed by atoms with Crippen molar-refractivity contribution in [1.82, 2.24) is 24.8 Å². The van der Waals surface area contributed by atoms with E-state index in [1.165, 1.54) is 0 Å². The van der Waals surface area contributed by atoms with Gasteiger partial charge < -0.3 is 9.64 Å². The quantitative estimate of drug-likeness (QED) is 0.837. The van der Waals surface area contributed by atoms with Crippen LogP contribution in [0.3, 0.4) is 0 Å². The summed E-state index contributed by atoms with van der Waals surface area (Å²) in [6, 6.07) is 6.11. The highest BCUT2D eigenvalue weighted by molar-refractivity contribution is 5.97. The fourth-order valence-corrected chi connectivity index (χ4v) is 4.10. The Morgan fingerprint density at radius 2 is 2.08 bits per heavy atom. The van der Waals surface area contributed by atoms with Crippen molar-refractivity contribution >= 4 is 16.9 Å². The van der Waals surface area contributed by atoms with E-state index in [4.69, 9.17) is 4.74 Å². The summed E-state index contributed by atoms with van der Waals surface area (Å²) >= 11 is 0. The second-order valence-corrected chi connectivity index (χ2v) is 7.01. The number of likely N-dealkylation sites (tertiary alicyclic amines) is 1. The van der Waals surface area contributed by atoms with Crippen molar-refractivity contribution < 1.29 is 9.53 Å². The molecule has 1 aromatic carbocycles. The van der Waals surface area contributed by atoms with E-state index in [9.17, 15) is 4.79 Å². The summed E-state index contributed by atoms with van der Waals surface area (Å²) in [4.78, 5) is 17.5. The van der Waals surface area contributed by atoms with Crippen molar-refractivity contribution in [2.45, 2.75) is 19.4 Å². The molecular weight excluding hydrogens is 318 g/mol. The smallest absolute Gasteiger partial charge is 0.253 e. The predicted molar refractivity (Wildman–Crippen MR) is 94.4 cm³/mol. The van der Waals surface area contributed by atoms with Crippen molar-refractivity contribution in [1.29, 1.82) is 0 Å². The molecule has 0 N–H and O–H groups in total. The van der Waals surface area contributed by atoms with Gasteiger partial charge in [-0.3, -0.25) is 9.69 Å². The molecule has 0 spiro atoms. The summed E-state index contributed by atoms with van der Waals surface area (Å²) in [6.07, 6.45) is 1.09. The molecule has 0 saturated carbocycles. The third kappa shape index (κ3) is 3.02. The zero-order chi connectivity index (χ0) is 17.4. The van der Waals surface area contributed by atoms with Gasteiger partial charge >= 0.3 is 0 Å². The van der Waals surface area contributed by atoms with Crippen LogP contribution in [0.15, 0.2) is 18.2 Å². The minimum absolute atomic E-state index is 0.0989. The predicted octanol–water partition coefficient (Wildman–Crippen LogP) is 1.15. The third-order valence-electron chi connectivity index (χ3n) is 5.59. The average Bonchev–Trinajstić information content (AvgIpc) is 3.25. The van der Waals surface area contributed by atoms with Crippen molar-refractivity contribution in [3.05, 3.63) is 23.8 Å². The van der Waals surface area contributed by atoms with Crippen LogP contribution in [0.25, 0.3) is 11.0 Å². The molecule has 1 aromatic heterocycles. The molecule has 0 aliphatic carbocycles. The zero-order valence-electron chi connectivity index (χ0n) is 14.9. The minimum atomic E-state index is 0.0989. The standard InChI is InChI=1S/C18H25N5O2/c1-3-13-11-23(12-17(13)22-6-8-25-9-7-22)18(24)14-4-5-16-15(10-14)19-20-21(16)2/h4-5,10,13,17H,3,6-9,11-12H2,1-2H3/t13-,17+/m1/s1. The Morgan fingerprint density at radius 1 is 1.28 bits per heavy atom. The topological polar surface area (TPSA) is 63.5 Å². The monoisotopic (exact) mass is 343 g/mol. The van der Waals surface area contributed by atoms with Crippen LogP contribution in [-0.2, 0) is 11.8 Å². The summed E-state index contributed by atoms with van der Waals surface area (Å²) in [6.45, 7) is 7.38. The number of aryl methyl sites for hydroxylation is 1. The number of amides is 1. The van der Waals surface area contributed by atoms with E-state index in [1.54, 1.807) is 4.68 Å². The van der Waals surface area contributed by atoms with Gasteiger partial charge in [-0.1, -0.05) is 18.6 Å². The Balaban J connectivity index is 1.52. The van der Waals surface area contributed by atoms with Crippen LogP contribution in [0.4, 0.5) is 0 Å². The maximum Gasteiger partial charge on any atom is 0.253 e. The van der Waals surface area contributed by atoms with E-state index < -0.39 is 0 Å². The van der Waals surface area contributed by atoms with Gasteiger partial charge in [0.1, 0.15) is 5.52 Å². The van der Waals surface area contributed by atoms with Crippen molar-refractivity contribution in [2.24, 2.45) is 13.0 Å². The van der Waals surface area contributed by atoms with Gasteiger partial charge in [0.2, 0.25) is 0 Å². The van der Waals surface area contributed by atoms with Crippen LogP contribution >= 0.6 is 0 Å². The molecular formula is C18H25N5O2. The molecule has 0 radical (unpaired) electrons. The van der Waals surface area contributed by atoms with Gasteiger partial charge in [0.25, 0.3) is 5.91 Å². The largest absolute Gasteiger partial charge is 0.379 e. The molecule has 2 aliphatic heterocycles. The molecule has 2 fully saturated rings. The van der Waals surface area contributed by atoms with Gasteiger partial charge in [-0.2, -0.15) is 0 Å². The molecule has 7 nitrogen and oxygen atoms in total. The molecule has 7 heteroatoms. The molecule has 2 atom stereocenters. The number of carbonyl (C=O) groups is 1. The number of morpholine rings is 1. The maximum absolute atomic E-state index is 13.0. The molecule has 2 aliphatic rings. The zero-order valence-corrected chi connectivity index (χ0v) is 14.9. The van der Waals surface area contributed by atoms with Crippen LogP contribution < -0.4 is 0 Å². The van der Waals surface area contributed by atoms with E-state index in [1.807, 2.05) is 30.1 Å². The summed E-state index contributed by atoms with van der Waals surface area (Å²) in [5, 5.41) is 8.14. The van der Waals surface area contributed by atoms with Crippen LogP contribution in [0.2, 0.25) is 0 Å². The fourth-order valence-electron chi connectivity index (χ4n) is 4.10. The molecule has 25 heavy (non-hydrogen) atoms. The second-order valence-electron chi connectivity index (χ2n) is 7.01. The first-order valence-electron chi connectivity index (χ1n) is 9.08. The van der Waals surface area contributed by atoms with E-state index in [0.717, 1.165) is 56.8 Å². The number of nitrogens with zero attached hydrogens (tertiary/aromatic N) is 5. The molecule has 4 rings (SSSR count). The molecule has 3 heterocycles. The summed E-state index contributed by atoms with van der Waals surface area (Å²) in [5.74, 6) is 0.629. The third-order valence-corrected chi connectivity index (χ3v) is 5.59. The highest BCUT2D eigenvalue weighted by Gasteiger charge is 2.38. The Kier molecular flexibility index (Phi) is 4.43. The number of carbonyl (C=O) groups excluding carboxylic acids is 1. The normalized spacial score (nSPS) is 25.0. The van der Waals surface area contributed by atoms with Crippen LogP contribution in [0.5, 0.6) is 0 Å². The van der Waals surface area contributed by atoms with Gasteiger partial charge in [-0.25, -0.2) is 4.68 Å². The number of rotatable bonds is 3. The van der Waals surface area contributed by atoms with Crippen LogP contribution in [0, 0.1) is 5.92 Å². The fraction of sp³-hybridized carbons (Fsp3) is 0.611. The number of ether oxygens (including phenoxy) is 1. The first kappa shape index (κ1) is 16.5. The van der Waals surface area contributed by atoms with Crippen LogP contribution in [-0.4, -0.2) is 76.1 Å². The van der Waals surface area contributed by atoms with Crippen molar-refractivity contribution in [2.75, 3.05) is 39.4 Å². The van der Waals surface area contributed by atoms with Gasteiger partial charge in [0, 0.05) is 44.8 Å². The lowest BCUT2D eigenvalue weighted by atomic mass is 9.99. The van der Waals surface area contributed by atoms with E-state index in [0.29, 0.717) is 17.5 Å². The number of hydrogen-bond acceptors (Lipinski definition) is 5. The first-order valence-corrected chi connectivity index (χ1v) is 9.08. The van der Waals surface area contributed by atoms with Crippen molar-refractivity contribution in [3.63, 3.8) is 0 Å². The van der Waals surface area contributed by atoms with Crippen LogP contribution in [0.1, 0.15) is 23.7 Å². The Morgan fingerprint density at radius 3 is 2.84 bits per heavy atom. The lowest BCUT2D eigenvalue weighted by Gasteiger charge is -2.34. The summed E-state index contributed by atoms with van der Waals surface area (Å²) in [5.41, 5.74) is 2.41. The van der Waals surface area contributed by atoms with Gasteiger partial charge in [-0.05, 0) is 24.1 Å².